The molecule has 6 nitrogen and oxygen atoms in total. The predicted octanol–water partition coefficient (Wildman–Crippen LogP) is 1.19. The minimum atomic E-state index is -0.931. The van der Waals surface area contributed by atoms with Gasteiger partial charge in [-0.3, -0.25) is 4.79 Å². The molecule has 8 heteroatoms. The number of halogens is 2. The molecule has 0 spiro atoms. The van der Waals surface area contributed by atoms with Crippen LogP contribution in [0.2, 0.25) is 0 Å². The number of rotatable bonds is 5. The molecule has 0 bridgehead atoms. The summed E-state index contributed by atoms with van der Waals surface area (Å²) < 4.78 is 27.4. The molecule has 2 N–H and O–H groups in total. The normalized spacial score (nSPS) is 10.6. The van der Waals surface area contributed by atoms with E-state index >= 15 is 0 Å². The summed E-state index contributed by atoms with van der Waals surface area (Å²) >= 11 is 0. The summed E-state index contributed by atoms with van der Waals surface area (Å²) in [7, 11) is 0. The van der Waals surface area contributed by atoms with Crippen LogP contribution in [0.25, 0.3) is 0 Å². The topological polar surface area (TPSA) is 77.0 Å². The number of nitrogens with zero attached hydrogens (tertiary/aromatic N) is 4. The third kappa shape index (κ3) is 3.74. The molecule has 1 aromatic carbocycles. The van der Waals surface area contributed by atoms with E-state index in [1.807, 2.05) is 0 Å². The van der Waals surface area contributed by atoms with Crippen LogP contribution in [0.3, 0.4) is 0 Å². The van der Waals surface area contributed by atoms with Gasteiger partial charge in [-0.05, 0) is 24.6 Å². The SMILES string of the molecule is CCN(Cc1ccc(F)c(F)c1)C(=O)Cn1cnc(N)n1. The first kappa shape index (κ1) is 14.9. The Labute approximate surface area is 120 Å². The summed E-state index contributed by atoms with van der Waals surface area (Å²) in [5, 5.41) is 3.83. The van der Waals surface area contributed by atoms with Crippen LogP contribution in [0.4, 0.5) is 14.7 Å². The standard InChI is InChI=1S/C13H15F2N5O/c1-2-19(6-9-3-4-10(14)11(15)5-9)12(21)7-20-8-17-13(16)18-20/h3-5,8H,2,6-7H2,1H3,(H2,16,18). The molecule has 0 aliphatic heterocycles. The number of amides is 1. The highest BCUT2D eigenvalue weighted by molar-refractivity contribution is 5.75. The monoisotopic (exact) mass is 295 g/mol. The van der Waals surface area contributed by atoms with Crippen molar-refractivity contribution in [1.82, 2.24) is 19.7 Å². The van der Waals surface area contributed by atoms with E-state index in [-0.39, 0.29) is 24.9 Å². The second-order valence-corrected chi connectivity index (χ2v) is 4.46. The maximum absolute atomic E-state index is 13.2. The molecule has 1 amide bonds. The van der Waals surface area contributed by atoms with Crippen molar-refractivity contribution in [2.24, 2.45) is 0 Å². The molecular weight excluding hydrogens is 280 g/mol. The Hall–Kier alpha value is -2.51. The number of likely N-dealkylation sites (N-methyl/N-ethyl adjacent to an activating group) is 1. The summed E-state index contributed by atoms with van der Waals surface area (Å²) in [6.07, 6.45) is 1.36. The van der Waals surface area contributed by atoms with Crippen LogP contribution in [0.1, 0.15) is 12.5 Å². The highest BCUT2D eigenvalue weighted by Gasteiger charge is 2.14. The maximum Gasteiger partial charge on any atom is 0.244 e. The quantitative estimate of drug-likeness (QED) is 0.898. The first-order chi connectivity index (χ1) is 9.99. The summed E-state index contributed by atoms with van der Waals surface area (Å²) in [6, 6.07) is 3.57. The van der Waals surface area contributed by atoms with E-state index in [0.29, 0.717) is 12.1 Å². The molecule has 0 fully saturated rings. The lowest BCUT2D eigenvalue weighted by molar-refractivity contribution is -0.132. The lowest BCUT2D eigenvalue weighted by Crippen LogP contribution is -2.33. The maximum atomic E-state index is 13.2. The number of carbonyl (C=O) groups excluding carboxylic acids is 1. The Balaban J connectivity index is 2.04. The van der Waals surface area contributed by atoms with Gasteiger partial charge in [-0.25, -0.2) is 18.4 Å². The molecular formula is C13H15F2N5O. The van der Waals surface area contributed by atoms with Gasteiger partial charge in [0.05, 0.1) is 0 Å². The van der Waals surface area contributed by atoms with Gasteiger partial charge in [0, 0.05) is 13.1 Å². The Kier molecular flexibility index (Phi) is 4.46. The van der Waals surface area contributed by atoms with Gasteiger partial charge >= 0.3 is 0 Å². The molecule has 0 aliphatic rings. The molecule has 0 unspecified atom stereocenters. The molecule has 2 aromatic rings. The number of aromatic nitrogens is 3. The Morgan fingerprint density at radius 1 is 1.38 bits per heavy atom. The van der Waals surface area contributed by atoms with E-state index in [4.69, 9.17) is 5.73 Å². The average Bonchev–Trinajstić information content (AvgIpc) is 2.85. The van der Waals surface area contributed by atoms with Crippen molar-refractivity contribution in [3.05, 3.63) is 41.7 Å². The fraction of sp³-hybridized carbons (Fsp3) is 0.308. The molecule has 0 aliphatic carbocycles. The molecule has 0 saturated carbocycles. The summed E-state index contributed by atoms with van der Waals surface area (Å²) in [5.74, 6) is -1.97. The predicted molar refractivity (Wildman–Crippen MR) is 71.9 cm³/mol. The number of carbonyl (C=O) groups is 1. The lowest BCUT2D eigenvalue weighted by Gasteiger charge is -2.21. The summed E-state index contributed by atoms with van der Waals surface area (Å²) in [5.41, 5.74) is 5.89. The van der Waals surface area contributed by atoms with E-state index in [9.17, 15) is 13.6 Å². The highest BCUT2D eigenvalue weighted by Crippen LogP contribution is 2.11. The van der Waals surface area contributed by atoms with Crippen LogP contribution >= 0.6 is 0 Å². The Bertz CT molecular complexity index is 643. The van der Waals surface area contributed by atoms with Gasteiger partial charge in [0.2, 0.25) is 11.9 Å². The van der Waals surface area contributed by atoms with Crippen LogP contribution < -0.4 is 5.73 Å². The fourth-order valence-electron chi connectivity index (χ4n) is 1.86. The third-order valence-corrected chi connectivity index (χ3v) is 2.94. The van der Waals surface area contributed by atoms with Gasteiger partial charge < -0.3 is 10.6 Å². The molecule has 0 radical (unpaired) electrons. The van der Waals surface area contributed by atoms with Crippen molar-refractivity contribution in [2.45, 2.75) is 20.0 Å². The van der Waals surface area contributed by atoms with Crippen molar-refractivity contribution in [3.63, 3.8) is 0 Å². The minimum Gasteiger partial charge on any atom is -0.367 e. The first-order valence-electron chi connectivity index (χ1n) is 6.36. The molecule has 0 saturated heterocycles. The second kappa shape index (κ2) is 6.29. The molecule has 1 heterocycles. The number of hydrogen-bond donors (Lipinski definition) is 1. The molecule has 0 atom stereocenters. The Morgan fingerprint density at radius 2 is 2.14 bits per heavy atom. The minimum absolute atomic E-state index is 0.0122. The zero-order valence-electron chi connectivity index (χ0n) is 11.5. The number of hydrogen-bond acceptors (Lipinski definition) is 4. The van der Waals surface area contributed by atoms with E-state index in [0.717, 1.165) is 12.1 Å². The van der Waals surface area contributed by atoms with Crippen molar-refractivity contribution in [2.75, 3.05) is 12.3 Å². The van der Waals surface area contributed by atoms with E-state index in [1.165, 1.54) is 22.0 Å². The second-order valence-electron chi connectivity index (χ2n) is 4.46. The number of nitrogens with two attached hydrogens (primary N) is 1. The number of benzene rings is 1. The zero-order valence-corrected chi connectivity index (χ0v) is 11.5. The van der Waals surface area contributed by atoms with Gasteiger partial charge in [-0.15, -0.1) is 5.10 Å². The van der Waals surface area contributed by atoms with Gasteiger partial charge in [0.1, 0.15) is 12.9 Å². The average molecular weight is 295 g/mol. The third-order valence-electron chi connectivity index (χ3n) is 2.94. The first-order valence-corrected chi connectivity index (χ1v) is 6.36. The lowest BCUT2D eigenvalue weighted by atomic mass is 10.2. The number of nitrogen functional groups attached to an aromatic ring is 1. The Morgan fingerprint density at radius 3 is 2.71 bits per heavy atom. The van der Waals surface area contributed by atoms with Gasteiger partial charge in [0.25, 0.3) is 0 Å². The van der Waals surface area contributed by atoms with E-state index < -0.39 is 11.6 Å². The number of anilines is 1. The smallest absolute Gasteiger partial charge is 0.244 e. The van der Waals surface area contributed by atoms with Crippen LogP contribution in [0, 0.1) is 11.6 Å². The van der Waals surface area contributed by atoms with Gasteiger partial charge in [-0.2, -0.15) is 0 Å². The van der Waals surface area contributed by atoms with Crippen LogP contribution in [-0.4, -0.2) is 32.1 Å². The molecule has 112 valence electrons. The largest absolute Gasteiger partial charge is 0.367 e. The van der Waals surface area contributed by atoms with Crippen LogP contribution in [0.15, 0.2) is 24.5 Å². The van der Waals surface area contributed by atoms with E-state index in [1.54, 1.807) is 6.92 Å². The summed E-state index contributed by atoms with van der Waals surface area (Å²) in [4.78, 5) is 17.4. The molecule has 1 aromatic heterocycles. The zero-order chi connectivity index (χ0) is 15.4. The van der Waals surface area contributed by atoms with Gasteiger partial charge in [0.15, 0.2) is 11.6 Å². The highest BCUT2D eigenvalue weighted by atomic mass is 19.2. The summed E-state index contributed by atoms with van der Waals surface area (Å²) in [6.45, 7) is 2.41. The molecule has 21 heavy (non-hydrogen) atoms. The van der Waals surface area contributed by atoms with Crippen LogP contribution in [-0.2, 0) is 17.9 Å². The van der Waals surface area contributed by atoms with Crippen molar-refractivity contribution >= 4 is 11.9 Å². The molecule has 2 rings (SSSR count). The fourth-order valence-corrected chi connectivity index (χ4v) is 1.86. The van der Waals surface area contributed by atoms with Crippen molar-refractivity contribution < 1.29 is 13.6 Å². The van der Waals surface area contributed by atoms with Gasteiger partial charge in [-0.1, -0.05) is 6.07 Å². The van der Waals surface area contributed by atoms with Crippen molar-refractivity contribution in [1.29, 1.82) is 0 Å². The van der Waals surface area contributed by atoms with Crippen molar-refractivity contribution in [3.8, 4) is 0 Å². The van der Waals surface area contributed by atoms with E-state index in [2.05, 4.69) is 10.1 Å². The van der Waals surface area contributed by atoms with Crippen LogP contribution in [0.5, 0.6) is 0 Å².